The average molecular weight is 538 g/mol. The van der Waals surface area contributed by atoms with Gasteiger partial charge in [-0.3, -0.25) is 9.36 Å². The fraction of sp³-hybridized carbons (Fsp3) is 0.440. The van der Waals surface area contributed by atoms with Crippen molar-refractivity contribution in [1.29, 1.82) is 0 Å². The molecule has 0 radical (unpaired) electrons. The molecular formula is C25H31Cl3N6O. The van der Waals surface area contributed by atoms with Gasteiger partial charge in [-0.25, -0.2) is 4.98 Å². The van der Waals surface area contributed by atoms with E-state index >= 15 is 0 Å². The summed E-state index contributed by atoms with van der Waals surface area (Å²) in [5, 5.41) is 9.88. The summed E-state index contributed by atoms with van der Waals surface area (Å²) in [6, 6.07) is 11.9. The van der Waals surface area contributed by atoms with Crippen LogP contribution in [0.1, 0.15) is 56.7 Å². The Hall–Kier alpha value is -2.35. The van der Waals surface area contributed by atoms with E-state index in [1.54, 1.807) is 0 Å². The zero-order valence-corrected chi connectivity index (χ0v) is 22.5. The largest absolute Gasteiger partial charge is 0.357 e. The molecule has 7 nitrogen and oxygen atoms in total. The molecule has 0 unspecified atom stereocenters. The lowest BCUT2D eigenvalue weighted by molar-refractivity contribution is -0.140. The number of nitrogens with zero attached hydrogens (tertiary/aromatic N) is 6. The van der Waals surface area contributed by atoms with Gasteiger partial charge in [0.2, 0.25) is 5.91 Å². The average Bonchev–Trinajstić information content (AvgIpc) is 3.14. The fourth-order valence-corrected chi connectivity index (χ4v) is 5.01. The van der Waals surface area contributed by atoms with Crippen LogP contribution in [0.2, 0.25) is 5.02 Å². The lowest BCUT2D eigenvalue weighted by atomic mass is 9.94. The Kier molecular flexibility index (Phi) is 8.35. The number of pyridine rings is 1. The molecule has 0 bridgehead atoms. The van der Waals surface area contributed by atoms with Gasteiger partial charge in [0, 0.05) is 42.2 Å². The Morgan fingerprint density at radius 1 is 1.03 bits per heavy atom. The number of amides is 1. The van der Waals surface area contributed by atoms with E-state index in [1.165, 1.54) is 0 Å². The van der Waals surface area contributed by atoms with Crippen LogP contribution in [0.3, 0.4) is 0 Å². The standard InChI is InChI=1S/C25H29ClN6O.2ClH/c1-25(2,3)24(33)31-15-18-14-19(26)7-8-20(18)32-22(16-31)28-29-23(32)17-9-12-30(13-10-17)21-6-4-5-11-27-21;;/h4-8,11,14,17H,9-10,12-13,15-16H2,1-3H3;2*1H. The predicted molar refractivity (Wildman–Crippen MR) is 143 cm³/mol. The van der Waals surface area contributed by atoms with Gasteiger partial charge in [-0.05, 0) is 48.7 Å². The summed E-state index contributed by atoms with van der Waals surface area (Å²) in [5.74, 6) is 3.18. The number of fused-ring (bicyclic) bond motifs is 3. The van der Waals surface area contributed by atoms with Crippen molar-refractivity contribution in [3.05, 3.63) is 64.8 Å². The molecular weight excluding hydrogens is 507 g/mol. The SMILES string of the molecule is CC(C)(C)C(=O)N1Cc2cc(Cl)ccc2-n2c(nnc2C2CCN(c3ccccn3)CC2)C1.Cl.Cl. The van der Waals surface area contributed by atoms with Crippen LogP contribution in [-0.2, 0) is 17.9 Å². The van der Waals surface area contributed by atoms with Crippen LogP contribution in [0.15, 0.2) is 42.6 Å². The second-order valence-electron chi connectivity index (χ2n) is 9.94. The zero-order chi connectivity index (χ0) is 23.2. The van der Waals surface area contributed by atoms with Gasteiger partial charge in [0.15, 0.2) is 5.82 Å². The highest BCUT2D eigenvalue weighted by molar-refractivity contribution is 6.30. The van der Waals surface area contributed by atoms with Gasteiger partial charge in [-0.2, -0.15) is 0 Å². The van der Waals surface area contributed by atoms with E-state index in [0.717, 1.165) is 54.6 Å². The molecule has 0 aliphatic carbocycles. The van der Waals surface area contributed by atoms with Crippen LogP contribution in [0, 0.1) is 5.41 Å². The molecule has 5 rings (SSSR count). The number of aromatic nitrogens is 4. The maximum atomic E-state index is 13.2. The van der Waals surface area contributed by atoms with Crippen molar-refractivity contribution in [3.8, 4) is 5.69 Å². The molecule has 2 aliphatic rings. The van der Waals surface area contributed by atoms with E-state index in [-0.39, 0.29) is 30.7 Å². The zero-order valence-electron chi connectivity index (χ0n) is 20.1. The van der Waals surface area contributed by atoms with Crippen LogP contribution in [-0.4, -0.2) is 43.6 Å². The minimum absolute atomic E-state index is 0. The first kappa shape index (κ1) is 27.2. The number of halogens is 3. The molecule has 1 saturated heterocycles. The van der Waals surface area contributed by atoms with E-state index < -0.39 is 5.41 Å². The van der Waals surface area contributed by atoms with Gasteiger partial charge >= 0.3 is 0 Å². The van der Waals surface area contributed by atoms with Crippen LogP contribution in [0.4, 0.5) is 5.82 Å². The number of hydrogen-bond acceptors (Lipinski definition) is 5. The highest BCUT2D eigenvalue weighted by Crippen LogP contribution is 2.35. The van der Waals surface area contributed by atoms with Gasteiger partial charge < -0.3 is 9.80 Å². The molecule has 0 N–H and O–H groups in total. The Morgan fingerprint density at radius 3 is 2.43 bits per heavy atom. The third kappa shape index (κ3) is 5.42. The second-order valence-corrected chi connectivity index (χ2v) is 10.4. The topological polar surface area (TPSA) is 67.2 Å². The van der Waals surface area contributed by atoms with E-state index in [9.17, 15) is 4.79 Å². The first-order valence-electron chi connectivity index (χ1n) is 11.5. The van der Waals surface area contributed by atoms with Crippen LogP contribution in [0.5, 0.6) is 0 Å². The molecule has 1 fully saturated rings. The molecule has 0 atom stereocenters. The number of carbonyl (C=O) groups is 1. The van der Waals surface area contributed by atoms with Crippen LogP contribution in [0.25, 0.3) is 5.69 Å². The number of benzene rings is 1. The van der Waals surface area contributed by atoms with Gasteiger partial charge in [-0.1, -0.05) is 38.4 Å². The summed E-state index contributed by atoms with van der Waals surface area (Å²) in [4.78, 5) is 21.9. The van der Waals surface area contributed by atoms with Crippen molar-refractivity contribution in [2.24, 2.45) is 5.41 Å². The Bertz CT molecular complexity index is 1170. The van der Waals surface area contributed by atoms with Crippen molar-refractivity contribution in [3.63, 3.8) is 0 Å². The minimum atomic E-state index is -0.477. The number of rotatable bonds is 2. The summed E-state index contributed by atoms with van der Waals surface area (Å²) in [5.41, 5.74) is 1.56. The van der Waals surface area contributed by atoms with Crippen molar-refractivity contribution in [2.45, 2.75) is 52.6 Å². The number of hydrogen-bond donors (Lipinski definition) is 0. The van der Waals surface area contributed by atoms with Gasteiger partial charge in [0.05, 0.1) is 12.2 Å². The number of carbonyl (C=O) groups excluding carboxylic acids is 1. The first-order valence-corrected chi connectivity index (χ1v) is 11.9. The Morgan fingerprint density at radius 2 is 1.77 bits per heavy atom. The van der Waals surface area contributed by atoms with E-state index in [0.29, 0.717) is 24.0 Å². The van der Waals surface area contributed by atoms with Gasteiger partial charge in [0.25, 0.3) is 0 Å². The molecule has 4 heterocycles. The van der Waals surface area contributed by atoms with Crippen molar-refractivity contribution in [1.82, 2.24) is 24.6 Å². The summed E-state index contributed by atoms with van der Waals surface area (Å²) < 4.78 is 2.17. The maximum Gasteiger partial charge on any atom is 0.228 e. The lowest BCUT2D eigenvalue weighted by Gasteiger charge is -2.32. The molecule has 0 spiro atoms. The Balaban J connectivity index is 0.00000171. The maximum absolute atomic E-state index is 13.2. The molecule has 2 aliphatic heterocycles. The smallest absolute Gasteiger partial charge is 0.228 e. The third-order valence-electron chi connectivity index (χ3n) is 6.49. The number of anilines is 1. The molecule has 3 aromatic rings. The molecule has 10 heteroatoms. The highest BCUT2D eigenvalue weighted by atomic mass is 35.5. The van der Waals surface area contributed by atoms with E-state index in [4.69, 9.17) is 11.6 Å². The van der Waals surface area contributed by atoms with Crippen molar-refractivity contribution < 1.29 is 4.79 Å². The van der Waals surface area contributed by atoms with Gasteiger partial charge in [-0.15, -0.1) is 35.0 Å². The van der Waals surface area contributed by atoms with Crippen LogP contribution < -0.4 is 4.90 Å². The van der Waals surface area contributed by atoms with Gasteiger partial charge in [0.1, 0.15) is 11.6 Å². The predicted octanol–water partition coefficient (Wildman–Crippen LogP) is 5.43. The quantitative estimate of drug-likeness (QED) is 0.436. The van der Waals surface area contributed by atoms with E-state index in [1.807, 2.05) is 62.2 Å². The minimum Gasteiger partial charge on any atom is -0.357 e. The monoisotopic (exact) mass is 536 g/mol. The van der Waals surface area contributed by atoms with Crippen LogP contribution >= 0.6 is 36.4 Å². The first-order chi connectivity index (χ1) is 15.8. The molecule has 35 heavy (non-hydrogen) atoms. The molecule has 1 amide bonds. The second kappa shape index (κ2) is 10.7. The van der Waals surface area contributed by atoms with E-state index in [2.05, 4.69) is 30.7 Å². The summed E-state index contributed by atoms with van der Waals surface area (Å²) >= 11 is 6.36. The molecule has 2 aromatic heterocycles. The lowest BCUT2D eigenvalue weighted by Crippen LogP contribution is -2.38. The fourth-order valence-electron chi connectivity index (χ4n) is 4.82. The molecule has 0 saturated carbocycles. The summed E-state index contributed by atoms with van der Waals surface area (Å²) in [7, 11) is 0. The summed E-state index contributed by atoms with van der Waals surface area (Å²) in [6.07, 6.45) is 3.79. The third-order valence-corrected chi connectivity index (χ3v) is 6.73. The molecule has 188 valence electrons. The van der Waals surface area contributed by atoms with Crippen molar-refractivity contribution in [2.75, 3.05) is 18.0 Å². The Labute approximate surface area is 223 Å². The van der Waals surface area contributed by atoms with Crippen molar-refractivity contribution >= 4 is 48.1 Å². The summed E-state index contributed by atoms with van der Waals surface area (Å²) in [6.45, 7) is 8.63. The highest BCUT2D eigenvalue weighted by Gasteiger charge is 2.34. The number of piperidine rings is 1. The normalized spacial score (nSPS) is 15.9. The molecule has 1 aromatic carbocycles.